The highest BCUT2D eigenvalue weighted by Gasteiger charge is 2.18. The normalized spacial score (nSPS) is 26.4. The third-order valence-corrected chi connectivity index (χ3v) is 3.22. The maximum atomic E-state index is 5.73. The summed E-state index contributed by atoms with van der Waals surface area (Å²) in [4.78, 5) is 0. The summed E-state index contributed by atoms with van der Waals surface area (Å²) < 4.78 is 5.56. The van der Waals surface area contributed by atoms with E-state index < -0.39 is 0 Å². The van der Waals surface area contributed by atoms with Crippen LogP contribution in [0.5, 0.6) is 0 Å². The highest BCUT2D eigenvalue weighted by Crippen LogP contribution is 2.12. The molecule has 0 spiro atoms. The minimum atomic E-state index is 0.424. The van der Waals surface area contributed by atoms with E-state index in [1.54, 1.807) is 0 Å². The fraction of sp³-hybridized carbons (Fsp3) is 1.00. The molecule has 3 atom stereocenters. The van der Waals surface area contributed by atoms with Gasteiger partial charge < -0.3 is 15.8 Å². The van der Waals surface area contributed by atoms with Crippen molar-refractivity contribution in [2.45, 2.75) is 45.3 Å². The van der Waals surface area contributed by atoms with Gasteiger partial charge in [0.1, 0.15) is 0 Å². The third kappa shape index (κ3) is 3.56. The Morgan fingerprint density at radius 3 is 2.86 bits per heavy atom. The van der Waals surface area contributed by atoms with Crippen LogP contribution in [-0.4, -0.2) is 31.8 Å². The lowest BCUT2D eigenvalue weighted by Crippen LogP contribution is -2.44. The number of ether oxygens (including phenoxy) is 1. The molecule has 3 heteroatoms. The topological polar surface area (TPSA) is 47.3 Å². The van der Waals surface area contributed by atoms with Crippen LogP contribution in [0.4, 0.5) is 0 Å². The van der Waals surface area contributed by atoms with Gasteiger partial charge in [0.2, 0.25) is 0 Å². The summed E-state index contributed by atoms with van der Waals surface area (Å²) in [6.07, 6.45) is 4.02. The van der Waals surface area contributed by atoms with Gasteiger partial charge in [-0.25, -0.2) is 0 Å². The minimum absolute atomic E-state index is 0.424. The van der Waals surface area contributed by atoms with Crippen molar-refractivity contribution >= 4 is 0 Å². The van der Waals surface area contributed by atoms with Gasteiger partial charge in [0, 0.05) is 25.7 Å². The first-order valence-electron chi connectivity index (χ1n) is 5.83. The van der Waals surface area contributed by atoms with Crippen molar-refractivity contribution in [2.75, 3.05) is 19.7 Å². The summed E-state index contributed by atoms with van der Waals surface area (Å²) in [7, 11) is 0. The molecule has 0 aromatic heterocycles. The van der Waals surface area contributed by atoms with Gasteiger partial charge in [0.15, 0.2) is 0 Å². The molecule has 3 unspecified atom stereocenters. The lowest BCUT2D eigenvalue weighted by molar-refractivity contribution is 0.105. The molecule has 0 amide bonds. The van der Waals surface area contributed by atoms with Crippen molar-refractivity contribution in [1.29, 1.82) is 0 Å². The predicted octanol–water partition coefficient (Wildman–Crippen LogP) is 1.13. The molecule has 0 aromatic rings. The van der Waals surface area contributed by atoms with Crippen molar-refractivity contribution in [2.24, 2.45) is 11.7 Å². The molecule has 1 saturated heterocycles. The maximum absolute atomic E-state index is 5.73. The highest BCUT2D eigenvalue weighted by atomic mass is 16.5. The van der Waals surface area contributed by atoms with Crippen LogP contribution in [-0.2, 0) is 4.74 Å². The molecule has 0 saturated carbocycles. The SMILES string of the molecule is CCC(C)C(CN)NCC1CCCO1. The van der Waals surface area contributed by atoms with Gasteiger partial charge >= 0.3 is 0 Å². The Hall–Kier alpha value is -0.120. The van der Waals surface area contributed by atoms with E-state index in [0.29, 0.717) is 18.1 Å². The maximum Gasteiger partial charge on any atom is 0.0700 e. The Bertz CT molecular complexity index is 146. The van der Waals surface area contributed by atoms with Crippen molar-refractivity contribution in [3.8, 4) is 0 Å². The Labute approximate surface area is 87.4 Å². The van der Waals surface area contributed by atoms with Crippen LogP contribution in [0.15, 0.2) is 0 Å². The second-order valence-electron chi connectivity index (χ2n) is 4.27. The molecule has 0 radical (unpaired) electrons. The number of hydrogen-bond donors (Lipinski definition) is 2. The summed E-state index contributed by atoms with van der Waals surface area (Å²) in [6, 6.07) is 0.448. The van der Waals surface area contributed by atoms with Crippen molar-refractivity contribution in [3.63, 3.8) is 0 Å². The number of nitrogens with two attached hydrogens (primary N) is 1. The van der Waals surface area contributed by atoms with E-state index in [9.17, 15) is 0 Å². The van der Waals surface area contributed by atoms with E-state index in [2.05, 4.69) is 19.2 Å². The van der Waals surface area contributed by atoms with Crippen LogP contribution < -0.4 is 11.1 Å². The zero-order valence-corrected chi connectivity index (χ0v) is 9.46. The van der Waals surface area contributed by atoms with Gasteiger partial charge in [-0.3, -0.25) is 0 Å². The van der Waals surface area contributed by atoms with Crippen molar-refractivity contribution in [3.05, 3.63) is 0 Å². The first-order valence-corrected chi connectivity index (χ1v) is 5.83. The number of hydrogen-bond acceptors (Lipinski definition) is 3. The largest absolute Gasteiger partial charge is 0.377 e. The van der Waals surface area contributed by atoms with Crippen LogP contribution in [0.25, 0.3) is 0 Å². The van der Waals surface area contributed by atoms with E-state index in [1.165, 1.54) is 19.3 Å². The molecule has 1 heterocycles. The standard InChI is InChI=1S/C11H24N2O/c1-3-9(2)11(7-12)13-8-10-5-4-6-14-10/h9-11,13H,3-8,12H2,1-2H3. The first kappa shape index (κ1) is 12.0. The Balaban J connectivity index is 2.19. The quantitative estimate of drug-likeness (QED) is 0.675. The molecule has 84 valence electrons. The van der Waals surface area contributed by atoms with E-state index in [4.69, 9.17) is 10.5 Å². The second-order valence-corrected chi connectivity index (χ2v) is 4.27. The highest BCUT2D eigenvalue weighted by molar-refractivity contribution is 4.76. The average Bonchev–Trinajstić information content (AvgIpc) is 2.71. The molecular formula is C11H24N2O. The monoisotopic (exact) mass is 200 g/mol. The van der Waals surface area contributed by atoms with Gasteiger partial charge in [-0.2, -0.15) is 0 Å². The minimum Gasteiger partial charge on any atom is -0.377 e. The third-order valence-electron chi connectivity index (χ3n) is 3.22. The summed E-state index contributed by atoms with van der Waals surface area (Å²) in [6.45, 7) is 7.08. The van der Waals surface area contributed by atoms with Gasteiger partial charge in [-0.15, -0.1) is 0 Å². The molecule has 0 aromatic carbocycles. The van der Waals surface area contributed by atoms with Gasteiger partial charge in [-0.05, 0) is 18.8 Å². The van der Waals surface area contributed by atoms with Crippen LogP contribution >= 0.6 is 0 Å². The van der Waals surface area contributed by atoms with Gasteiger partial charge in [0.25, 0.3) is 0 Å². The predicted molar refractivity (Wildman–Crippen MR) is 59.3 cm³/mol. The smallest absolute Gasteiger partial charge is 0.0700 e. The molecule has 0 aliphatic carbocycles. The van der Waals surface area contributed by atoms with Crippen LogP contribution in [0, 0.1) is 5.92 Å². The fourth-order valence-electron chi connectivity index (χ4n) is 1.89. The van der Waals surface area contributed by atoms with E-state index in [1.807, 2.05) is 0 Å². The Morgan fingerprint density at radius 1 is 1.57 bits per heavy atom. The Morgan fingerprint density at radius 2 is 2.36 bits per heavy atom. The van der Waals surface area contributed by atoms with Gasteiger partial charge in [-0.1, -0.05) is 20.3 Å². The molecule has 1 aliphatic heterocycles. The second kappa shape index (κ2) is 6.38. The summed E-state index contributed by atoms with van der Waals surface area (Å²) in [5, 5.41) is 3.51. The van der Waals surface area contributed by atoms with E-state index >= 15 is 0 Å². The van der Waals surface area contributed by atoms with Crippen LogP contribution in [0.1, 0.15) is 33.1 Å². The lowest BCUT2D eigenvalue weighted by Gasteiger charge is -2.24. The molecule has 1 fully saturated rings. The number of nitrogens with one attached hydrogen (secondary N) is 1. The Kier molecular flexibility index (Phi) is 5.45. The molecule has 3 N–H and O–H groups in total. The summed E-state index contributed by atoms with van der Waals surface area (Å²) >= 11 is 0. The summed E-state index contributed by atoms with van der Waals surface area (Å²) in [5.74, 6) is 0.654. The molecular weight excluding hydrogens is 176 g/mol. The fourth-order valence-corrected chi connectivity index (χ4v) is 1.89. The molecule has 0 bridgehead atoms. The van der Waals surface area contributed by atoms with E-state index in [0.717, 1.165) is 19.7 Å². The molecule has 1 rings (SSSR count). The van der Waals surface area contributed by atoms with Gasteiger partial charge in [0.05, 0.1) is 6.10 Å². The number of rotatable bonds is 6. The first-order chi connectivity index (χ1) is 6.77. The molecule has 1 aliphatic rings. The zero-order valence-electron chi connectivity index (χ0n) is 9.46. The molecule has 14 heavy (non-hydrogen) atoms. The van der Waals surface area contributed by atoms with Crippen LogP contribution in [0.3, 0.4) is 0 Å². The van der Waals surface area contributed by atoms with Crippen molar-refractivity contribution < 1.29 is 4.74 Å². The van der Waals surface area contributed by atoms with E-state index in [-0.39, 0.29) is 0 Å². The molecule has 3 nitrogen and oxygen atoms in total. The summed E-state index contributed by atoms with van der Waals surface area (Å²) in [5.41, 5.74) is 5.73. The zero-order chi connectivity index (χ0) is 10.4. The van der Waals surface area contributed by atoms with Crippen molar-refractivity contribution in [1.82, 2.24) is 5.32 Å². The lowest BCUT2D eigenvalue weighted by atomic mass is 9.99. The van der Waals surface area contributed by atoms with Crippen LogP contribution in [0.2, 0.25) is 0 Å². The average molecular weight is 200 g/mol.